The summed E-state index contributed by atoms with van der Waals surface area (Å²) in [6.07, 6.45) is 4.92. The van der Waals surface area contributed by atoms with E-state index in [4.69, 9.17) is 9.47 Å². The zero-order valence-electron chi connectivity index (χ0n) is 12.3. The molecular weight excluding hydrogens is 212 g/mol. The fourth-order valence-electron chi connectivity index (χ4n) is 4.10. The molecule has 100 valence electrons. The van der Waals surface area contributed by atoms with Gasteiger partial charge in [0, 0.05) is 12.5 Å². The standard InChI is InChI=1S/C15H28O2/c1-13(2)8-7-9-15(5)11(13)10-14(3,4)12(16-6)17-15/h11-12H,7-10H2,1-6H3/t11-,12?,15+/m0/s1. The van der Waals surface area contributed by atoms with Crippen molar-refractivity contribution in [3.63, 3.8) is 0 Å². The lowest BCUT2D eigenvalue weighted by Gasteiger charge is -2.58. The van der Waals surface area contributed by atoms with Gasteiger partial charge in [0.05, 0.1) is 5.60 Å². The first-order chi connectivity index (χ1) is 7.71. The van der Waals surface area contributed by atoms with Gasteiger partial charge in [-0.3, -0.25) is 0 Å². The summed E-state index contributed by atoms with van der Waals surface area (Å²) in [5.41, 5.74) is 0.522. The number of fused-ring (bicyclic) bond motifs is 1. The van der Waals surface area contributed by atoms with Crippen LogP contribution in [0.5, 0.6) is 0 Å². The van der Waals surface area contributed by atoms with Crippen molar-refractivity contribution in [3.05, 3.63) is 0 Å². The summed E-state index contributed by atoms with van der Waals surface area (Å²) in [7, 11) is 1.77. The quantitative estimate of drug-likeness (QED) is 0.690. The van der Waals surface area contributed by atoms with E-state index in [2.05, 4.69) is 34.6 Å². The third-order valence-electron chi connectivity index (χ3n) is 5.13. The van der Waals surface area contributed by atoms with E-state index in [-0.39, 0.29) is 17.3 Å². The number of rotatable bonds is 1. The van der Waals surface area contributed by atoms with Gasteiger partial charge in [0.1, 0.15) is 0 Å². The number of hydrogen-bond donors (Lipinski definition) is 0. The number of hydrogen-bond acceptors (Lipinski definition) is 2. The van der Waals surface area contributed by atoms with Crippen LogP contribution in [0.25, 0.3) is 0 Å². The van der Waals surface area contributed by atoms with E-state index in [0.29, 0.717) is 11.3 Å². The first-order valence-electron chi connectivity index (χ1n) is 6.92. The molecule has 2 fully saturated rings. The summed E-state index contributed by atoms with van der Waals surface area (Å²) >= 11 is 0. The molecule has 1 saturated heterocycles. The average Bonchev–Trinajstić information content (AvgIpc) is 2.19. The first kappa shape index (κ1) is 13.4. The van der Waals surface area contributed by atoms with E-state index < -0.39 is 0 Å². The molecule has 0 bridgehead atoms. The fourth-order valence-corrected chi connectivity index (χ4v) is 4.10. The Bertz CT molecular complexity index is 295. The normalized spacial score (nSPS) is 44.1. The summed E-state index contributed by atoms with van der Waals surface area (Å²) in [6.45, 7) is 11.6. The SMILES string of the molecule is COC1O[C@]2(C)CCCC(C)(C)[C@@H]2CC1(C)C. The highest BCUT2D eigenvalue weighted by Gasteiger charge is 2.55. The van der Waals surface area contributed by atoms with Crippen molar-refractivity contribution in [2.45, 2.75) is 72.2 Å². The largest absolute Gasteiger partial charge is 0.355 e. The predicted octanol–water partition coefficient (Wildman–Crippen LogP) is 3.99. The molecule has 2 rings (SSSR count). The second kappa shape index (κ2) is 3.96. The van der Waals surface area contributed by atoms with Crippen LogP contribution in [0.3, 0.4) is 0 Å². The van der Waals surface area contributed by atoms with E-state index >= 15 is 0 Å². The highest BCUT2D eigenvalue weighted by Crippen LogP contribution is 2.57. The lowest BCUT2D eigenvalue weighted by Crippen LogP contribution is -2.59. The zero-order chi connectivity index (χ0) is 12.9. The van der Waals surface area contributed by atoms with Gasteiger partial charge in [0.2, 0.25) is 0 Å². The van der Waals surface area contributed by atoms with Crippen LogP contribution in [0.1, 0.15) is 60.3 Å². The van der Waals surface area contributed by atoms with Gasteiger partial charge in [-0.1, -0.05) is 34.1 Å². The fraction of sp³-hybridized carbons (Fsp3) is 1.00. The molecule has 2 heteroatoms. The van der Waals surface area contributed by atoms with Gasteiger partial charge in [-0.2, -0.15) is 0 Å². The maximum absolute atomic E-state index is 6.36. The Kier molecular flexibility index (Phi) is 3.11. The molecule has 0 radical (unpaired) electrons. The van der Waals surface area contributed by atoms with Gasteiger partial charge < -0.3 is 9.47 Å². The molecule has 17 heavy (non-hydrogen) atoms. The van der Waals surface area contributed by atoms with Gasteiger partial charge in [0.15, 0.2) is 6.29 Å². The van der Waals surface area contributed by atoms with Crippen molar-refractivity contribution >= 4 is 0 Å². The molecule has 1 heterocycles. The van der Waals surface area contributed by atoms with Crippen LogP contribution in [0.4, 0.5) is 0 Å². The van der Waals surface area contributed by atoms with Gasteiger partial charge in [-0.25, -0.2) is 0 Å². The minimum absolute atomic E-state index is 0.0119. The average molecular weight is 240 g/mol. The molecule has 2 nitrogen and oxygen atoms in total. The summed E-state index contributed by atoms with van der Waals surface area (Å²) in [6, 6.07) is 0. The van der Waals surface area contributed by atoms with Gasteiger partial charge in [0.25, 0.3) is 0 Å². The van der Waals surface area contributed by atoms with Crippen molar-refractivity contribution < 1.29 is 9.47 Å². The topological polar surface area (TPSA) is 18.5 Å². The minimum atomic E-state index is -0.0577. The lowest BCUT2D eigenvalue weighted by atomic mass is 9.56. The highest BCUT2D eigenvalue weighted by atomic mass is 16.7. The molecule has 1 aliphatic heterocycles. The van der Waals surface area contributed by atoms with Crippen LogP contribution < -0.4 is 0 Å². The summed E-state index contributed by atoms with van der Waals surface area (Å²) < 4.78 is 11.9. The third-order valence-corrected chi connectivity index (χ3v) is 5.13. The maximum atomic E-state index is 6.36. The van der Waals surface area contributed by atoms with Crippen LogP contribution in [0.2, 0.25) is 0 Å². The monoisotopic (exact) mass is 240 g/mol. The van der Waals surface area contributed by atoms with Crippen LogP contribution in [-0.2, 0) is 9.47 Å². The molecule has 1 aliphatic carbocycles. The highest BCUT2D eigenvalue weighted by molar-refractivity contribution is 5.03. The Morgan fingerprint density at radius 3 is 2.24 bits per heavy atom. The Balaban J connectivity index is 2.30. The van der Waals surface area contributed by atoms with E-state index in [9.17, 15) is 0 Å². The van der Waals surface area contributed by atoms with Gasteiger partial charge in [-0.05, 0) is 37.5 Å². The first-order valence-corrected chi connectivity index (χ1v) is 6.92. The molecule has 0 aromatic carbocycles. The summed E-state index contributed by atoms with van der Waals surface area (Å²) in [5.74, 6) is 0.644. The summed E-state index contributed by atoms with van der Waals surface area (Å²) in [4.78, 5) is 0. The van der Waals surface area contributed by atoms with Crippen LogP contribution in [-0.4, -0.2) is 19.0 Å². The third kappa shape index (κ3) is 2.15. The Morgan fingerprint density at radius 2 is 1.65 bits per heavy atom. The predicted molar refractivity (Wildman–Crippen MR) is 69.8 cm³/mol. The van der Waals surface area contributed by atoms with Crippen LogP contribution in [0.15, 0.2) is 0 Å². The molecule has 0 aromatic rings. The van der Waals surface area contributed by atoms with Crippen molar-refractivity contribution in [2.24, 2.45) is 16.7 Å². The van der Waals surface area contributed by atoms with E-state index in [1.54, 1.807) is 7.11 Å². The number of ether oxygens (including phenoxy) is 2. The molecule has 0 aromatic heterocycles. The van der Waals surface area contributed by atoms with E-state index in [1.165, 1.54) is 25.7 Å². The second-order valence-corrected chi connectivity index (χ2v) is 7.59. The maximum Gasteiger partial charge on any atom is 0.162 e. The molecule has 1 unspecified atom stereocenters. The second-order valence-electron chi connectivity index (χ2n) is 7.59. The molecule has 0 amide bonds. The van der Waals surface area contributed by atoms with E-state index in [1.807, 2.05) is 0 Å². The van der Waals surface area contributed by atoms with Crippen molar-refractivity contribution in [1.82, 2.24) is 0 Å². The Hall–Kier alpha value is -0.0800. The number of methoxy groups -OCH3 is 1. The Labute approximate surface area is 106 Å². The molecule has 2 aliphatic rings. The summed E-state index contributed by atoms with van der Waals surface area (Å²) in [5, 5.41) is 0. The molecule has 0 N–H and O–H groups in total. The lowest BCUT2D eigenvalue weighted by molar-refractivity contribution is -0.311. The van der Waals surface area contributed by atoms with Crippen molar-refractivity contribution in [2.75, 3.05) is 7.11 Å². The van der Waals surface area contributed by atoms with E-state index in [0.717, 1.165) is 0 Å². The molecule has 0 spiro atoms. The van der Waals surface area contributed by atoms with Crippen LogP contribution >= 0.6 is 0 Å². The molecule has 1 saturated carbocycles. The van der Waals surface area contributed by atoms with Gasteiger partial charge >= 0.3 is 0 Å². The van der Waals surface area contributed by atoms with Gasteiger partial charge in [-0.15, -0.1) is 0 Å². The van der Waals surface area contributed by atoms with Crippen LogP contribution in [0, 0.1) is 16.7 Å². The zero-order valence-corrected chi connectivity index (χ0v) is 12.3. The van der Waals surface area contributed by atoms with Crippen molar-refractivity contribution in [1.29, 1.82) is 0 Å². The molecular formula is C15H28O2. The van der Waals surface area contributed by atoms with Crippen molar-refractivity contribution in [3.8, 4) is 0 Å². The Morgan fingerprint density at radius 1 is 1.00 bits per heavy atom. The smallest absolute Gasteiger partial charge is 0.162 e. The molecule has 3 atom stereocenters. The minimum Gasteiger partial charge on any atom is -0.355 e.